The first-order valence-corrected chi connectivity index (χ1v) is 6.23. The van der Waals surface area contributed by atoms with Crippen LogP contribution in [0.1, 0.15) is 11.1 Å². The Bertz CT molecular complexity index is 506. The van der Waals surface area contributed by atoms with Gasteiger partial charge in [-0.1, -0.05) is 6.07 Å². The first kappa shape index (κ1) is 17.2. The molecule has 0 bridgehead atoms. The Hall–Kier alpha value is -1.86. The molecule has 0 aliphatic carbocycles. The Kier molecular flexibility index (Phi) is 6.90. The fourth-order valence-electron chi connectivity index (χ4n) is 1.84. The average Bonchev–Trinajstić information content (AvgIpc) is 2.38. The zero-order chi connectivity index (χ0) is 15.8. The van der Waals surface area contributed by atoms with Crippen molar-refractivity contribution in [1.82, 2.24) is 4.90 Å². The second kappa shape index (κ2) is 8.43. The molecule has 0 atom stereocenters. The van der Waals surface area contributed by atoms with Gasteiger partial charge in [0, 0.05) is 19.2 Å². The van der Waals surface area contributed by atoms with E-state index in [1.807, 2.05) is 0 Å². The normalized spacial score (nSPS) is 11.7. The van der Waals surface area contributed by atoms with E-state index >= 15 is 0 Å². The van der Waals surface area contributed by atoms with E-state index in [1.165, 1.54) is 23.1 Å². The molecule has 21 heavy (non-hydrogen) atoms. The number of aliphatic carboxylic acids is 1. The number of alkyl halides is 2. The number of aliphatic hydroxyl groups excluding tert-OH is 1. The van der Waals surface area contributed by atoms with Crippen molar-refractivity contribution in [2.75, 3.05) is 19.7 Å². The molecule has 116 valence electrons. The highest BCUT2D eigenvalue weighted by Gasteiger charge is 2.14. The molecule has 0 radical (unpaired) electrons. The van der Waals surface area contributed by atoms with Crippen LogP contribution < -0.4 is 0 Å². The van der Waals surface area contributed by atoms with Gasteiger partial charge in [0.2, 0.25) is 0 Å². The predicted molar refractivity (Wildman–Crippen MR) is 71.4 cm³/mol. The van der Waals surface area contributed by atoms with Crippen LogP contribution in [0.5, 0.6) is 0 Å². The maximum absolute atomic E-state index is 13.2. The minimum Gasteiger partial charge on any atom is -0.478 e. The zero-order valence-corrected chi connectivity index (χ0v) is 11.2. The molecule has 0 fully saturated rings. The molecule has 0 aromatic heterocycles. The van der Waals surface area contributed by atoms with Gasteiger partial charge in [-0.05, 0) is 29.3 Å². The Labute approximate surface area is 120 Å². The number of benzene rings is 1. The summed E-state index contributed by atoms with van der Waals surface area (Å²) in [6.07, 6.45) is -0.503. The molecule has 0 saturated carbocycles. The molecule has 1 aromatic carbocycles. The summed E-state index contributed by atoms with van der Waals surface area (Å²) in [5, 5.41) is 17.5. The topological polar surface area (TPSA) is 60.8 Å². The highest BCUT2D eigenvalue weighted by Crippen LogP contribution is 2.16. The van der Waals surface area contributed by atoms with Gasteiger partial charge >= 0.3 is 5.97 Å². The van der Waals surface area contributed by atoms with Gasteiger partial charge in [0.15, 0.2) is 0 Å². The Morgan fingerprint density at radius 2 is 2.10 bits per heavy atom. The van der Waals surface area contributed by atoms with Crippen LogP contribution in [-0.2, 0) is 11.3 Å². The summed E-state index contributed by atoms with van der Waals surface area (Å²) < 4.78 is 38.1. The molecular formula is C14H16F3NO3. The third kappa shape index (κ3) is 6.42. The van der Waals surface area contributed by atoms with E-state index in [9.17, 15) is 18.0 Å². The first-order chi connectivity index (χ1) is 9.92. The van der Waals surface area contributed by atoms with E-state index in [0.717, 1.165) is 12.1 Å². The molecule has 1 aromatic rings. The van der Waals surface area contributed by atoms with Gasteiger partial charge in [-0.25, -0.2) is 18.0 Å². The molecular weight excluding hydrogens is 287 g/mol. The number of hydrogen-bond donors (Lipinski definition) is 2. The van der Waals surface area contributed by atoms with E-state index in [1.54, 1.807) is 0 Å². The number of carbonyl (C=O) groups is 1. The molecule has 0 aliphatic rings. The maximum Gasteiger partial charge on any atom is 0.328 e. The van der Waals surface area contributed by atoms with Gasteiger partial charge in [-0.2, -0.15) is 0 Å². The number of halogens is 3. The summed E-state index contributed by atoms with van der Waals surface area (Å²) in [4.78, 5) is 11.8. The number of carboxylic acids is 1. The van der Waals surface area contributed by atoms with E-state index < -0.39 is 24.8 Å². The van der Waals surface area contributed by atoms with Gasteiger partial charge in [0.1, 0.15) is 5.82 Å². The number of aliphatic hydroxyl groups is 1. The van der Waals surface area contributed by atoms with Gasteiger partial charge in [-0.3, -0.25) is 4.90 Å². The van der Waals surface area contributed by atoms with Crippen molar-refractivity contribution in [2.45, 2.75) is 13.0 Å². The average molecular weight is 303 g/mol. The molecule has 7 heteroatoms. The lowest BCUT2D eigenvalue weighted by Crippen LogP contribution is -2.31. The fraction of sp³-hybridized carbons (Fsp3) is 0.357. The van der Waals surface area contributed by atoms with Crippen molar-refractivity contribution in [2.24, 2.45) is 0 Å². The minimum absolute atomic E-state index is 0.0454. The number of hydrogen-bond acceptors (Lipinski definition) is 3. The summed E-state index contributed by atoms with van der Waals surface area (Å²) in [6, 6.07) is 3.72. The van der Waals surface area contributed by atoms with Crippen LogP contribution >= 0.6 is 0 Å². The SMILES string of the molecule is O=C(O)/C=C/c1cc(F)ccc1CN(CCO)CC(F)F. The molecule has 0 spiro atoms. The van der Waals surface area contributed by atoms with E-state index in [-0.39, 0.29) is 19.7 Å². The number of carboxylic acid groups (broad SMARTS) is 1. The van der Waals surface area contributed by atoms with Crippen LogP contribution in [0.15, 0.2) is 24.3 Å². The fourth-order valence-corrected chi connectivity index (χ4v) is 1.84. The highest BCUT2D eigenvalue weighted by atomic mass is 19.3. The molecule has 0 unspecified atom stereocenters. The van der Waals surface area contributed by atoms with Gasteiger partial charge in [-0.15, -0.1) is 0 Å². The van der Waals surface area contributed by atoms with Crippen molar-refractivity contribution in [3.63, 3.8) is 0 Å². The summed E-state index contributed by atoms with van der Waals surface area (Å²) in [7, 11) is 0. The standard InChI is InChI=1S/C14H16F3NO3/c15-12-3-1-11(10(7-12)2-4-14(20)21)8-18(5-6-19)9-13(16)17/h1-4,7,13,19H,5-6,8-9H2,(H,20,21)/b4-2+. The summed E-state index contributed by atoms with van der Waals surface area (Å²) in [5.74, 6) is -1.74. The summed E-state index contributed by atoms with van der Waals surface area (Å²) in [5.41, 5.74) is 0.803. The van der Waals surface area contributed by atoms with Crippen molar-refractivity contribution < 1.29 is 28.2 Å². The highest BCUT2D eigenvalue weighted by molar-refractivity contribution is 5.85. The third-order valence-electron chi connectivity index (χ3n) is 2.72. The molecule has 2 N–H and O–H groups in total. The smallest absolute Gasteiger partial charge is 0.328 e. The van der Waals surface area contributed by atoms with Gasteiger partial charge < -0.3 is 10.2 Å². The minimum atomic E-state index is -2.56. The molecule has 0 amide bonds. The predicted octanol–water partition coefficient (Wildman–Crippen LogP) is 1.98. The lowest BCUT2D eigenvalue weighted by molar-refractivity contribution is -0.131. The second-order valence-corrected chi connectivity index (χ2v) is 4.36. The van der Waals surface area contributed by atoms with Crippen LogP contribution in [-0.4, -0.2) is 47.2 Å². The van der Waals surface area contributed by atoms with Gasteiger partial charge in [0.05, 0.1) is 13.2 Å². The molecule has 4 nitrogen and oxygen atoms in total. The van der Waals surface area contributed by atoms with Crippen LogP contribution in [0.4, 0.5) is 13.2 Å². The lowest BCUT2D eigenvalue weighted by atomic mass is 10.1. The molecule has 0 saturated heterocycles. The largest absolute Gasteiger partial charge is 0.478 e. The quantitative estimate of drug-likeness (QED) is 0.721. The molecule has 0 heterocycles. The third-order valence-corrected chi connectivity index (χ3v) is 2.72. The van der Waals surface area contributed by atoms with E-state index in [2.05, 4.69) is 0 Å². The van der Waals surface area contributed by atoms with Crippen molar-refractivity contribution in [1.29, 1.82) is 0 Å². The second-order valence-electron chi connectivity index (χ2n) is 4.36. The van der Waals surface area contributed by atoms with Gasteiger partial charge in [0.25, 0.3) is 6.43 Å². The number of nitrogens with zero attached hydrogens (tertiary/aromatic N) is 1. The van der Waals surface area contributed by atoms with Crippen LogP contribution in [0.3, 0.4) is 0 Å². The maximum atomic E-state index is 13.2. The van der Waals surface area contributed by atoms with E-state index in [0.29, 0.717) is 11.1 Å². The molecule has 0 aliphatic heterocycles. The monoisotopic (exact) mass is 303 g/mol. The van der Waals surface area contributed by atoms with Crippen LogP contribution in [0.2, 0.25) is 0 Å². The molecule has 1 rings (SSSR count). The zero-order valence-electron chi connectivity index (χ0n) is 11.2. The van der Waals surface area contributed by atoms with Crippen LogP contribution in [0.25, 0.3) is 6.08 Å². The van der Waals surface area contributed by atoms with Crippen molar-refractivity contribution >= 4 is 12.0 Å². The Morgan fingerprint density at radius 3 is 2.67 bits per heavy atom. The van der Waals surface area contributed by atoms with Crippen LogP contribution in [0, 0.1) is 5.82 Å². The summed E-state index contributed by atoms with van der Waals surface area (Å²) >= 11 is 0. The first-order valence-electron chi connectivity index (χ1n) is 6.23. The number of rotatable bonds is 8. The van der Waals surface area contributed by atoms with Crippen molar-refractivity contribution in [3.8, 4) is 0 Å². The van der Waals surface area contributed by atoms with E-state index in [4.69, 9.17) is 10.2 Å². The summed E-state index contributed by atoms with van der Waals surface area (Å²) in [6.45, 7) is -0.706. The Morgan fingerprint density at radius 1 is 1.38 bits per heavy atom. The van der Waals surface area contributed by atoms with Crippen molar-refractivity contribution in [3.05, 3.63) is 41.2 Å². The Balaban J connectivity index is 2.96. The lowest BCUT2D eigenvalue weighted by Gasteiger charge is -2.21.